The number of fused-ring (bicyclic) bond motifs is 5. The summed E-state index contributed by atoms with van der Waals surface area (Å²) < 4.78 is 0. The highest BCUT2D eigenvalue weighted by molar-refractivity contribution is 5.98. The monoisotopic (exact) mass is 360 g/mol. The van der Waals surface area contributed by atoms with Crippen LogP contribution in [0.2, 0.25) is 0 Å². The van der Waals surface area contributed by atoms with E-state index in [1.807, 2.05) is 6.08 Å². The maximum Gasteiger partial charge on any atom is 0.206 e. The molecule has 0 aromatic heterocycles. The van der Waals surface area contributed by atoms with Crippen LogP contribution in [0.15, 0.2) is 11.6 Å². The Bertz CT molecular complexity index is 722. The van der Waals surface area contributed by atoms with Crippen LogP contribution < -0.4 is 0 Å². The minimum absolute atomic E-state index is 0.0886. The summed E-state index contributed by atoms with van der Waals surface area (Å²) in [5, 5.41) is 42.6. The summed E-state index contributed by atoms with van der Waals surface area (Å²) in [4.78, 5) is 12.6. The van der Waals surface area contributed by atoms with Crippen LogP contribution in [0.4, 0.5) is 0 Å². The quantitative estimate of drug-likeness (QED) is 0.378. The number of rotatable bonds is 0. The summed E-state index contributed by atoms with van der Waals surface area (Å²) in [6, 6.07) is 0. The van der Waals surface area contributed by atoms with Gasteiger partial charge in [-0.15, -0.1) is 6.42 Å². The van der Waals surface area contributed by atoms with E-state index < -0.39 is 34.9 Å². The van der Waals surface area contributed by atoms with Gasteiger partial charge in [-0.2, -0.15) is 0 Å². The zero-order chi connectivity index (χ0) is 19.1. The topological polar surface area (TPSA) is 98.0 Å². The van der Waals surface area contributed by atoms with Crippen molar-refractivity contribution in [2.45, 2.75) is 69.9 Å². The first kappa shape index (κ1) is 18.2. The van der Waals surface area contributed by atoms with Crippen molar-refractivity contribution in [3.05, 3.63) is 11.6 Å². The molecule has 3 saturated carbocycles. The molecule has 3 unspecified atom stereocenters. The third kappa shape index (κ3) is 1.94. The molecule has 0 heterocycles. The van der Waals surface area contributed by atoms with Gasteiger partial charge in [0.1, 0.15) is 6.10 Å². The third-order valence-corrected chi connectivity index (χ3v) is 8.36. The van der Waals surface area contributed by atoms with Crippen LogP contribution in [-0.2, 0) is 4.79 Å². The van der Waals surface area contributed by atoms with Gasteiger partial charge >= 0.3 is 0 Å². The molecule has 3 fully saturated rings. The first-order valence-electron chi connectivity index (χ1n) is 9.60. The summed E-state index contributed by atoms with van der Waals surface area (Å²) in [5.74, 6) is 0.726. The maximum atomic E-state index is 12.6. The molecule has 9 atom stereocenters. The minimum atomic E-state index is -1.99. The van der Waals surface area contributed by atoms with Crippen LogP contribution in [0, 0.1) is 40.9 Å². The molecule has 0 saturated heterocycles. The van der Waals surface area contributed by atoms with Crippen molar-refractivity contribution in [2.24, 2.45) is 28.6 Å². The zero-order valence-corrected chi connectivity index (χ0v) is 15.4. The maximum absolute atomic E-state index is 12.6. The van der Waals surface area contributed by atoms with Gasteiger partial charge in [0, 0.05) is 11.3 Å². The summed E-state index contributed by atoms with van der Waals surface area (Å²) >= 11 is 0. The molecule has 4 rings (SSSR count). The number of aliphatic hydroxyl groups excluding tert-OH is 3. The number of hydrogen-bond acceptors (Lipinski definition) is 5. The van der Waals surface area contributed by atoms with Crippen LogP contribution in [0.25, 0.3) is 0 Å². The second-order valence-corrected chi connectivity index (χ2v) is 9.33. The average Bonchev–Trinajstić information content (AvgIpc) is 2.75. The summed E-state index contributed by atoms with van der Waals surface area (Å²) in [7, 11) is 0. The van der Waals surface area contributed by atoms with Crippen LogP contribution in [0.5, 0.6) is 0 Å². The molecule has 4 N–H and O–H groups in total. The van der Waals surface area contributed by atoms with Crippen LogP contribution >= 0.6 is 0 Å². The van der Waals surface area contributed by atoms with Crippen molar-refractivity contribution >= 4 is 5.78 Å². The van der Waals surface area contributed by atoms with E-state index in [4.69, 9.17) is 6.42 Å². The van der Waals surface area contributed by atoms with Gasteiger partial charge in [-0.3, -0.25) is 4.79 Å². The highest BCUT2D eigenvalue weighted by Gasteiger charge is 2.72. The molecule has 5 heteroatoms. The van der Waals surface area contributed by atoms with Crippen molar-refractivity contribution in [3.8, 4) is 12.3 Å². The molecule has 0 radical (unpaired) electrons. The van der Waals surface area contributed by atoms with E-state index in [2.05, 4.69) is 12.8 Å². The molecule has 4 aliphatic rings. The molecule has 0 bridgehead atoms. The molecule has 0 amide bonds. The van der Waals surface area contributed by atoms with E-state index in [9.17, 15) is 25.2 Å². The van der Waals surface area contributed by atoms with Gasteiger partial charge in [0.05, 0.1) is 12.2 Å². The number of Topliss-reactive ketones (excluding diaryl/α,β-unsaturated/α-hetero) is 1. The number of terminal acetylenes is 1. The van der Waals surface area contributed by atoms with Gasteiger partial charge in [0.2, 0.25) is 5.78 Å². The average molecular weight is 360 g/mol. The van der Waals surface area contributed by atoms with E-state index in [1.54, 1.807) is 6.92 Å². The van der Waals surface area contributed by atoms with Crippen molar-refractivity contribution in [1.82, 2.24) is 0 Å². The van der Waals surface area contributed by atoms with Gasteiger partial charge in [-0.25, -0.2) is 0 Å². The Morgan fingerprint density at radius 3 is 2.54 bits per heavy atom. The van der Waals surface area contributed by atoms with Crippen LogP contribution in [0.1, 0.15) is 46.0 Å². The van der Waals surface area contributed by atoms with E-state index in [1.165, 1.54) is 0 Å². The standard InChI is InChI=1S/C21H28O5/c1-4-21(26)18(25)17(24)16-15-13(6-8-20(16,21)3)19(2)7-5-12(22)9-11(19)10-14(15)23/h1,10,12-17,22-24,26H,5-9H2,2-3H3/t12-,13?,14+,15?,16?,17-,19-,20-,21-/m0/s1. The lowest BCUT2D eigenvalue weighted by Gasteiger charge is -2.59. The van der Waals surface area contributed by atoms with Gasteiger partial charge in [0.25, 0.3) is 0 Å². The second kappa shape index (κ2) is 5.42. The molecule has 5 nitrogen and oxygen atoms in total. The summed E-state index contributed by atoms with van der Waals surface area (Å²) in [6.45, 7) is 3.95. The fourth-order valence-corrected chi connectivity index (χ4v) is 6.77. The molecule has 142 valence electrons. The number of carbonyl (C=O) groups excluding carboxylic acids is 1. The fourth-order valence-electron chi connectivity index (χ4n) is 6.77. The smallest absolute Gasteiger partial charge is 0.206 e. The molecule has 0 spiro atoms. The minimum Gasteiger partial charge on any atom is -0.393 e. The largest absolute Gasteiger partial charge is 0.393 e. The molecule has 0 aliphatic heterocycles. The molecule has 4 aliphatic carbocycles. The first-order chi connectivity index (χ1) is 12.1. The lowest BCUT2D eigenvalue weighted by molar-refractivity contribution is -0.143. The molecule has 26 heavy (non-hydrogen) atoms. The van der Waals surface area contributed by atoms with Gasteiger partial charge in [-0.05, 0) is 49.4 Å². The predicted octanol–water partition coefficient (Wildman–Crippen LogP) is 0.795. The summed E-state index contributed by atoms with van der Waals surface area (Å²) in [6.07, 6.45) is 8.14. The van der Waals surface area contributed by atoms with Crippen molar-refractivity contribution in [1.29, 1.82) is 0 Å². The Balaban J connectivity index is 1.82. The number of carbonyl (C=O) groups is 1. The van der Waals surface area contributed by atoms with E-state index in [0.29, 0.717) is 19.3 Å². The highest BCUT2D eigenvalue weighted by Crippen LogP contribution is 2.66. The number of ketones is 1. The van der Waals surface area contributed by atoms with Gasteiger partial charge in [-0.1, -0.05) is 31.4 Å². The van der Waals surface area contributed by atoms with E-state index in [-0.39, 0.29) is 23.4 Å². The first-order valence-corrected chi connectivity index (χ1v) is 9.60. The SMILES string of the molecule is C#C[C@]1(O)C(=O)[C@@H](O)C2C3C(CC[C@@]21C)[C@@]1(C)CC[C@H](O)CC1=C[C@H]3O. The lowest BCUT2D eigenvalue weighted by Crippen LogP contribution is -2.58. The number of hydrogen-bond donors (Lipinski definition) is 4. The van der Waals surface area contributed by atoms with E-state index in [0.717, 1.165) is 18.4 Å². The van der Waals surface area contributed by atoms with Crippen LogP contribution in [0.3, 0.4) is 0 Å². The molecule has 0 aromatic rings. The Morgan fingerprint density at radius 2 is 1.88 bits per heavy atom. The van der Waals surface area contributed by atoms with E-state index >= 15 is 0 Å². The van der Waals surface area contributed by atoms with Crippen molar-refractivity contribution in [3.63, 3.8) is 0 Å². The predicted molar refractivity (Wildman–Crippen MR) is 94.7 cm³/mol. The highest BCUT2D eigenvalue weighted by atomic mass is 16.3. The fraction of sp³-hybridized carbons (Fsp3) is 0.762. The third-order valence-electron chi connectivity index (χ3n) is 8.36. The Labute approximate surface area is 154 Å². The Morgan fingerprint density at radius 1 is 1.19 bits per heavy atom. The second-order valence-electron chi connectivity index (χ2n) is 9.33. The molecular formula is C21H28O5. The number of aliphatic hydroxyl groups is 4. The molecular weight excluding hydrogens is 332 g/mol. The van der Waals surface area contributed by atoms with Gasteiger partial charge in [0.15, 0.2) is 5.60 Å². The van der Waals surface area contributed by atoms with Gasteiger partial charge < -0.3 is 20.4 Å². The summed E-state index contributed by atoms with van der Waals surface area (Å²) in [5.41, 5.74) is -2.02. The Hall–Kier alpha value is -1.19. The Kier molecular flexibility index (Phi) is 3.79. The van der Waals surface area contributed by atoms with Crippen molar-refractivity contribution < 1.29 is 25.2 Å². The molecule has 0 aromatic carbocycles. The normalized spacial score (nSPS) is 56.0. The van der Waals surface area contributed by atoms with Crippen molar-refractivity contribution in [2.75, 3.05) is 0 Å². The zero-order valence-electron chi connectivity index (χ0n) is 15.4. The lowest BCUT2D eigenvalue weighted by atomic mass is 9.46. The van der Waals surface area contributed by atoms with Crippen LogP contribution in [-0.4, -0.2) is 50.1 Å².